The lowest BCUT2D eigenvalue weighted by atomic mass is 9.91. The average molecular weight is 702 g/mol. The monoisotopic (exact) mass is 701 g/mol. The van der Waals surface area contributed by atoms with Crippen molar-refractivity contribution in [2.45, 2.75) is 78.0 Å². The fraction of sp³-hybridized carbons (Fsp3) is 0.419. The molecule has 6 aromatic rings. The molecule has 0 amide bonds. The van der Waals surface area contributed by atoms with E-state index in [0.29, 0.717) is 48.9 Å². The van der Waals surface area contributed by atoms with Crippen LogP contribution >= 0.6 is 0 Å². The van der Waals surface area contributed by atoms with Gasteiger partial charge in [-0.15, -0.1) is 15.3 Å². The summed E-state index contributed by atoms with van der Waals surface area (Å²) in [7, 11) is 0. The number of rotatable bonds is 3. The van der Waals surface area contributed by atoms with E-state index in [1.165, 1.54) is 0 Å². The molecular formula is C31H34F3N17. The van der Waals surface area contributed by atoms with Gasteiger partial charge in [0, 0.05) is 38.0 Å². The Labute approximate surface area is 289 Å². The molecule has 264 valence electrons. The normalized spacial score (nSPS) is 19.1. The van der Waals surface area contributed by atoms with Crippen LogP contribution in [0.15, 0.2) is 37.2 Å². The van der Waals surface area contributed by atoms with Gasteiger partial charge in [-0.2, -0.15) is 14.0 Å². The number of aromatic nitrogens is 15. The number of hydrogen-bond donors (Lipinski definition) is 2. The molecular weight excluding hydrogens is 667 g/mol. The number of nitrogens with one attached hydrogen (secondary N) is 2. The zero-order valence-electron chi connectivity index (χ0n) is 28.0. The van der Waals surface area contributed by atoms with Crippen molar-refractivity contribution >= 4 is 0 Å². The van der Waals surface area contributed by atoms with Crippen molar-refractivity contribution in [1.82, 2.24) is 85.5 Å². The molecule has 0 aromatic carbocycles. The zero-order valence-corrected chi connectivity index (χ0v) is 28.0. The number of hydrogen-bond acceptors (Lipinski definition) is 14. The van der Waals surface area contributed by atoms with Crippen LogP contribution in [-0.4, -0.2) is 87.0 Å². The minimum absolute atomic E-state index is 0.356. The van der Waals surface area contributed by atoms with E-state index in [1.54, 1.807) is 14.0 Å². The van der Waals surface area contributed by atoms with Gasteiger partial charge in [0.2, 0.25) is 0 Å². The van der Waals surface area contributed by atoms with E-state index in [4.69, 9.17) is 0 Å². The summed E-state index contributed by atoms with van der Waals surface area (Å²) >= 11 is 0. The fourth-order valence-electron chi connectivity index (χ4n) is 5.89. The highest BCUT2D eigenvalue weighted by Gasteiger charge is 2.25. The van der Waals surface area contributed by atoms with Crippen LogP contribution in [0.3, 0.4) is 0 Å². The van der Waals surface area contributed by atoms with Crippen LogP contribution in [-0.2, 0) is 38.8 Å². The first-order valence-electron chi connectivity index (χ1n) is 16.4. The zero-order chi connectivity index (χ0) is 35.5. The molecule has 3 atom stereocenters. The molecule has 3 aliphatic rings. The molecule has 1 aliphatic carbocycles. The van der Waals surface area contributed by atoms with Gasteiger partial charge in [0.1, 0.15) is 11.4 Å². The highest BCUT2D eigenvalue weighted by Crippen LogP contribution is 2.24. The van der Waals surface area contributed by atoms with Crippen molar-refractivity contribution in [3.8, 4) is 17.8 Å². The molecule has 6 aromatic heterocycles. The fourth-order valence-corrected chi connectivity index (χ4v) is 5.89. The highest BCUT2D eigenvalue weighted by atomic mass is 19.1. The second kappa shape index (κ2) is 14.7. The molecule has 0 spiro atoms. The molecule has 2 N–H and O–H groups in total. The molecule has 2 aliphatic heterocycles. The van der Waals surface area contributed by atoms with Gasteiger partial charge in [-0.1, -0.05) is 22.6 Å². The third kappa shape index (κ3) is 7.60. The smallest absolute Gasteiger partial charge is 0.252 e. The summed E-state index contributed by atoms with van der Waals surface area (Å²) in [5, 5.41) is 30.9. The standard InChI is InChI=1S/C11H12FN5.2C10H11FN6/c1-7-2-3-9-10(4-7)17(16-15-9)11-13-5-8(12)6-14-11;2*1-6-2-9-8(5-12-6)15-16-17(9)10-13-3-7(11)4-14-10/h5-7H,2-4H2,1H3;2*3-4,6,12H,2,5H2,1H3/t7-;6-;/m10./s1. The van der Waals surface area contributed by atoms with Crippen LogP contribution in [0.25, 0.3) is 17.8 Å². The van der Waals surface area contributed by atoms with Gasteiger partial charge in [0.25, 0.3) is 17.8 Å². The highest BCUT2D eigenvalue weighted by molar-refractivity contribution is 5.24. The van der Waals surface area contributed by atoms with Gasteiger partial charge in [-0.05, 0) is 39.0 Å². The minimum Gasteiger partial charge on any atom is -0.308 e. The molecule has 0 saturated heterocycles. The van der Waals surface area contributed by atoms with Gasteiger partial charge in [0.05, 0.1) is 60.0 Å². The minimum atomic E-state index is -0.460. The van der Waals surface area contributed by atoms with Crippen LogP contribution in [0, 0.1) is 23.4 Å². The Morgan fingerprint density at radius 3 is 1.27 bits per heavy atom. The maximum Gasteiger partial charge on any atom is 0.252 e. The maximum absolute atomic E-state index is 12.8. The van der Waals surface area contributed by atoms with E-state index < -0.39 is 17.5 Å². The van der Waals surface area contributed by atoms with E-state index in [9.17, 15) is 13.2 Å². The van der Waals surface area contributed by atoms with Crippen LogP contribution < -0.4 is 10.6 Å². The summed E-state index contributed by atoms with van der Waals surface area (Å²) in [6, 6.07) is 0.723. The van der Waals surface area contributed by atoms with Gasteiger partial charge < -0.3 is 10.6 Å². The van der Waals surface area contributed by atoms with E-state index in [1.807, 2.05) is 0 Å². The molecule has 0 radical (unpaired) electrons. The summed E-state index contributed by atoms with van der Waals surface area (Å²) < 4.78 is 43.0. The second-order valence-electron chi connectivity index (χ2n) is 12.6. The Hall–Kier alpha value is -5.63. The molecule has 1 unspecified atom stereocenters. The third-order valence-corrected chi connectivity index (χ3v) is 8.57. The van der Waals surface area contributed by atoms with E-state index in [0.717, 1.165) is 103 Å². The van der Waals surface area contributed by atoms with Gasteiger partial charge in [-0.3, -0.25) is 0 Å². The quantitative estimate of drug-likeness (QED) is 0.271. The lowest BCUT2D eigenvalue weighted by molar-refractivity contribution is 0.484. The lowest BCUT2D eigenvalue weighted by Crippen LogP contribution is -2.33. The lowest BCUT2D eigenvalue weighted by Gasteiger charge is -2.19. The van der Waals surface area contributed by atoms with Crippen LogP contribution in [0.2, 0.25) is 0 Å². The molecule has 8 heterocycles. The largest absolute Gasteiger partial charge is 0.308 e. The first-order chi connectivity index (χ1) is 24.7. The number of halogens is 3. The van der Waals surface area contributed by atoms with Gasteiger partial charge in [0.15, 0.2) is 17.5 Å². The van der Waals surface area contributed by atoms with Gasteiger partial charge in [-0.25, -0.2) is 43.1 Å². The summed E-state index contributed by atoms with van der Waals surface area (Å²) in [6.07, 6.45) is 11.4. The van der Waals surface area contributed by atoms with Crippen molar-refractivity contribution in [1.29, 1.82) is 0 Å². The Balaban J connectivity index is 0.000000119. The van der Waals surface area contributed by atoms with Crippen molar-refractivity contribution in [3.05, 3.63) is 88.8 Å². The first-order valence-corrected chi connectivity index (χ1v) is 16.4. The summed E-state index contributed by atoms with van der Waals surface area (Å²) in [6.45, 7) is 7.76. The van der Waals surface area contributed by atoms with Crippen molar-refractivity contribution in [3.63, 3.8) is 0 Å². The predicted octanol–water partition coefficient (Wildman–Crippen LogP) is 1.78. The molecule has 0 saturated carbocycles. The first kappa shape index (κ1) is 33.8. The summed E-state index contributed by atoms with van der Waals surface area (Å²) in [5.41, 5.74) is 5.84. The number of nitrogens with zero attached hydrogens (tertiary/aromatic N) is 15. The van der Waals surface area contributed by atoms with Crippen LogP contribution in [0.1, 0.15) is 61.4 Å². The molecule has 0 bridgehead atoms. The second-order valence-corrected chi connectivity index (χ2v) is 12.6. The molecule has 51 heavy (non-hydrogen) atoms. The molecule has 17 nitrogen and oxygen atoms in total. The Bertz CT molecular complexity index is 1840. The SMILES string of the molecule is CC1Cc2c(nnn2-c2ncc(F)cn2)CN1.C[C@@H]1CCc2nnn(-c3ncc(F)cn3)c2C1.C[C@H]1Cc2c(nnn2-c2ncc(F)cn2)CN1. The van der Waals surface area contributed by atoms with E-state index in [-0.39, 0.29) is 0 Å². The predicted molar refractivity (Wildman–Crippen MR) is 172 cm³/mol. The topological polar surface area (TPSA) is 194 Å². The Kier molecular flexibility index (Phi) is 9.75. The Morgan fingerprint density at radius 2 is 0.882 bits per heavy atom. The van der Waals surface area contributed by atoms with Crippen molar-refractivity contribution < 1.29 is 13.2 Å². The van der Waals surface area contributed by atoms with Crippen LogP contribution in [0.5, 0.6) is 0 Å². The van der Waals surface area contributed by atoms with Gasteiger partial charge >= 0.3 is 0 Å². The van der Waals surface area contributed by atoms with E-state index in [2.05, 4.69) is 92.2 Å². The average Bonchev–Trinajstić information content (AvgIpc) is 3.87. The Morgan fingerprint density at radius 1 is 0.529 bits per heavy atom. The summed E-state index contributed by atoms with van der Waals surface area (Å²) in [4.78, 5) is 23.5. The number of aryl methyl sites for hydroxylation is 1. The molecule has 20 heteroatoms. The number of fused-ring (bicyclic) bond motifs is 3. The van der Waals surface area contributed by atoms with E-state index >= 15 is 0 Å². The van der Waals surface area contributed by atoms with Crippen LogP contribution in [0.4, 0.5) is 13.2 Å². The molecule has 9 rings (SSSR count). The van der Waals surface area contributed by atoms with Crippen molar-refractivity contribution in [2.75, 3.05) is 0 Å². The maximum atomic E-state index is 12.8. The third-order valence-electron chi connectivity index (χ3n) is 8.57. The molecule has 0 fully saturated rings. The van der Waals surface area contributed by atoms with Crippen molar-refractivity contribution in [2.24, 2.45) is 5.92 Å². The summed E-state index contributed by atoms with van der Waals surface area (Å²) in [5.74, 6) is 0.338.